The van der Waals surface area contributed by atoms with E-state index in [-0.39, 0.29) is 0 Å². The smallest absolute Gasteiger partial charge is 0.248 e. The topological polar surface area (TPSA) is 3.24 Å². The minimum Gasteiger partial charge on any atom is -0.338 e. The van der Waals surface area contributed by atoms with Gasteiger partial charge in [-0.1, -0.05) is 63.5 Å². The van der Waals surface area contributed by atoms with Crippen molar-refractivity contribution in [3.8, 4) is 0 Å². The standard InChI is InChI=1S/C12H19BN/c1-10(2)14(11(3)4)13-12-8-6-5-7-9-12/h5-11H,1-4H3. The summed E-state index contributed by atoms with van der Waals surface area (Å²) in [4.78, 5) is 2.37. The molecular formula is C12H19BN. The van der Waals surface area contributed by atoms with Crippen molar-refractivity contribution in [2.24, 2.45) is 0 Å². The highest BCUT2D eigenvalue weighted by atomic mass is 15.1. The average molecular weight is 188 g/mol. The summed E-state index contributed by atoms with van der Waals surface area (Å²) in [5, 5.41) is 0. The van der Waals surface area contributed by atoms with Gasteiger partial charge in [0.25, 0.3) is 0 Å². The van der Waals surface area contributed by atoms with Gasteiger partial charge in [-0.3, -0.25) is 0 Å². The van der Waals surface area contributed by atoms with Gasteiger partial charge in [0, 0.05) is 0 Å². The second-order valence-corrected chi connectivity index (χ2v) is 4.17. The Bertz CT molecular complexity index is 248. The van der Waals surface area contributed by atoms with E-state index in [9.17, 15) is 0 Å². The van der Waals surface area contributed by atoms with E-state index in [2.05, 4.69) is 64.2 Å². The van der Waals surface area contributed by atoms with Gasteiger partial charge < -0.3 is 4.81 Å². The maximum atomic E-state index is 2.37. The monoisotopic (exact) mass is 188 g/mol. The van der Waals surface area contributed by atoms with E-state index in [0.717, 1.165) is 0 Å². The molecule has 1 aromatic carbocycles. The molecule has 0 saturated heterocycles. The summed E-state index contributed by atoms with van der Waals surface area (Å²) in [5.74, 6) is 0. The van der Waals surface area contributed by atoms with E-state index in [1.807, 2.05) is 6.07 Å². The molecule has 0 aliphatic carbocycles. The lowest BCUT2D eigenvalue weighted by Gasteiger charge is -2.30. The highest BCUT2D eigenvalue weighted by molar-refractivity contribution is 6.50. The first-order chi connectivity index (χ1) is 6.61. The van der Waals surface area contributed by atoms with Crippen LogP contribution in [0.25, 0.3) is 0 Å². The molecule has 1 aromatic rings. The molecule has 0 saturated carbocycles. The molecule has 14 heavy (non-hydrogen) atoms. The van der Waals surface area contributed by atoms with Gasteiger partial charge >= 0.3 is 0 Å². The van der Waals surface area contributed by atoms with E-state index >= 15 is 0 Å². The van der Waals surface area contributed by atoms with Crippen molar-refractivity contribution in [2.45, 2.75) is 39.8 Å². The zero-order valence-electron chi connectivity index (χ0n) is 9.57. The summed E-state index contributed by atoms with van der Waals surface area (Å²) in [6, 6.07) is 11.6. The zero-order chi connectivity index (χ0) is 10.6. The lowest BCUT2D eigenvalue weighted by Crippen LogP contribution is -2.44. The van der Waals surface area contributed by atoms with E-state index < -0.39 is 0 Å². The molecule has 0 unspecified atom stereocenters. The maximum Gasteiger partial charge on any atom is 0.248 e. The SMILES string of the molecule is CC(C)N([B]c1ccccc1)C(C)C. The van der Waals surface area contributed by atoms with Crippen molar-refractivity contribution in [3.05, 3.63) is 30.3 Å². The third kappa shape index (κ3) is 3.19. The molecule has 2 heteroatoms. The quantitative estimate of drug-likeness (QED) is 0.653. The molecule has 0 aliphatic rings. The van der Waals surface area contributed by atoms with Crippen LogP contribution in [0.3, 0.4) is 0 Å². The minimum atomic E-state index is 0.551. The second-order valence-electron chi connectivity index (χ2n) is 4.17. The van der Waals surface area contributed by atoms with Crippen molar-refractivity contribution >= 4 is 12.9 Å². The fourth-order valence-electron chi connectivity index (χ4n) is 1.61. The van der Waals surface area contributed by atoms with Gasteiger partial charge in [0.05, 0.1) is 0 Å². The number of hydrogen-bond acceptors (Lipinski definition) is 1. The number of hydrogen-bond donors (Lipinski definition) is 0. The van der Waals surface area contributed by atoms with Crippen molar-refractivity contribution < 1.29 is 0 Å². The Hall–Kier alpha value is -0.755. The summed E-state index contributed by atoms with van der Waals surface area (Å²) < 4.78 is 0. The molecule has 75 valence electrons. The summed E-state index contributed by atoms with van der Waals surface area (Å²) in [7, 11) is 2.23. The van der Waals surface area contributed by atoms with Gasteiger partial charge in [-0.25, -0.2) is 0 Å². The Morgan fingerprint density at radius 3 is 1.86 bits per heavy atom. The van der Waals surface area contributed by atoms with Gasteiger partial charge in [-0.15, -0.1) is 0 Å². The molecule has 0 heterocycles. The van der Waals surface area contributed by atoms with E-state index in [1.165, 1.54) is 5.46 Å². The lowest BCUT2D eigenvalue weighted by atomic mass is 9.78. The molecule has 0 fully saturated rings. The Morgan fingerprint density at radius 2 is 1.43 bits per heavy atom. The van der Waals surface area contributed by atoms with Gasteiger partial charge in [-0.05, 0) is 12.1 Å². The Labute approximate surface area is 88.4 Å². The van der Waals surface area contributed by atoms with Crippen LogP contribution >= 0.6 is 0 Å². The van der Waals surface area contributed by atoms with E-state index in [0.29, 0.717) is 12.1 Å². The Morgan fingerprint density at radius 1 is 0.929 bits per heavy atom. The van der Waals surface area contributed by atoms with Gasteiger partial charge in [0.15, 0.2) is 0 Å². The molecule has 1 rings (SSSR count). The first-order valence-corrected chi connectivity index (χ1v) is 5.28. The largest absolute Gasteiger partial charge is 0.338 e. The third-order valence-electron chi connectivity index (χ3n) is 2.29. The van der Waals surface area contributed by atoms with Gasteiger partial charge in [0.1, 0.15) is 0 Å². The predicted molar refractivity (Wildman–Crippen MR) is 63.9 cm³/mol. The van der Waals surface area contributed by atoms with Crippen LogP contribution in [0.5, 0.6) is 0 Å². The van der Waals surface area contributed by atoms with Gasteiger partial charge in [-0.2, -0.15) is 0 Å². The average Bonchev–Trinajstić information content (AvgIpc) is 2.15. The zero-order valence-corrected chi connectivity index (χ0v) is 9.57. The first-order valence-electron chi connectivity index (χ1n) is 5.28. The van der Waals surface area contributed by atoms with Crippen molar-refractivity contribution in [3.63, 3.8) is 0 Å². The summed E-state index contributed by atoms with van der Waals surface area (Å²) in [6.45, 7) is 8.89. The van der Waals surface area contributed by atoms with Crippen LogP contribution in [0.1, 0.15) is 27.7 Å². The molecule has 0 atom stereocenters. The third-order valence-corrected chi connectivity index (χ3v) is 2.29. The number of benzene rings is 1. The molecule has 0 amide bonds. The summed E-state index contributed by atoms with van der Waals surface area (Å²) >= 11 is 0. The molecule has 0 bridgehead atoms. The van der Waals surface area contributed by atoms with Crippen molar-refractivity contribution in [2.75, 3.05) is 0 Å². The van der Waals surface area contributed by atoms with E-state index in [4.69, 9.17) is 0 Å². The second kappa shape index (κ2) is 5.21. The lowest BCUT2D eigenvalue weighted by molar-refractivity contribution is 0.315. The van der Waals surface area contributed by atoms with Crippen LogP contribution in [0, 0.1) is 0 Å². The normalized spacial score (nSPS) is 11.4. The molecule has 0 N–H and O–H groups in total. The number of nitrogens with zero attached hydrogens (tertiary/aromatic N) is 1. The van der Waals surface area contributed by atoms with Crippen LogP contribution < -0.4 is 5.46 Å². The molecule has 0 aliphatic heterocycles. The van der Waals surface area contributed by atoms with Crippen LogP contribution in [0.4, 0.5) is 0 Å². The highest BCUT2D eigenvalue weighted by Crippen LogP contribution is 2.02. The molecule has 1 nitrogen and oxygen atoms in total. The van der Waals surface area contributed by atoms with Crippen LogP contribution in [-0.4, -0.2) is 24.3 Å². The summed E-state index contributed by atoms with van der Waals surface area (Å²) in [6.07, 6.45) is 0. The molecule has 1 radical (unpaired) electrons. The van der Waals surface area contributed by atoms with Crippen LogP contribution in [0.2, 0.25) is 0 Å². The van der Waals surface area contributed by atoms with Crippen LogP contribution in [0.15, 0.2) is 30.3 Å². The van der Waals surface area contributed by atoms with Gasteiger partial charge in [0.2, 0.25) is 7.41 Å². The van der Waals surface area contributed by atoms with Crippen molar-refractivity contribution in [1.29, 1.82) is 0 Å². The minimum absolute atomic E-state index is 0.551. The Balaban J connectivity index is 2.65. The Kier molecular flexibility index (Phi) is 4.21. The first kappa shape index (κ1) is 11.3. The van der Waals surface area contributed by atoms with Crippen molar-refractivity contribution in [1.82, 2.24) is 4.81 Å². The highest BCUT2D eigenvalue weighted by Gasteiger charge is 2.14. The number of rotatable bonds is 4. The molecule has 0 spiro atoms. The maximum absolute atomic E-state index is 2.37. The van der Waals surface area contributed by atoms with E-state index in [1.54, 1.807) is 0 Å². The summed E-state index contributed by atoms with van der Waals surface area (Å²) in [5.41, 5.74) is 1.27. The van der Waals surface area contributed by atoms with Crippen LogP contribution in [-0.2, 0) is 0 Å². The fourth-order valence-corrected chi connectivity index (χ4v) is 1.61. The fraction of sp³-hybridized carbons (Fsp3) is 0.500. The molecular weight excluding hydrogens is 169 g/mol. The molecule has 0 aromatic heterocycles. The predicted octanol–water partition coefficient (Wildman–Crippen LogP) is 2.05.